The lowest BCUT2D eigenvalue weighted by molar-refractivity contribution is 0.111. The molecule has 37 heavy (non-hydrogen) atoms. The van der Waals surface area contributed by atoms with Crippen molar-refractivity contribution >= 4 is 21.6 Å². The van der Waals surface area contributed by atoms with E-state index in [9.17, 15) is 0 Å². The molecule has 186 valence electrons. The van der Waals surface area contributed by atoms with Crippen LogP contribution < -0.4 is 4.74 Å². The van der Waals surface area contributed by atoms with Crippen LogP contribution in [0.4, 0.5) is 0 Å². The standard InChI is InChI=1S/C26H22BrN7O3/c1-16-8-7-11-22(17(16)2)36-19-12-13-20(21(27)14-19)26-30-28-23(37-26)15-35-31-24(18-9-5-4-6-10-18)25-29-32-33-34(25)3/h4-14H,15H2,1-3H3/b31-24-. The Bertz CT molecular complexity index is 1560. The average Bonchev–Trinajstić information content (AvgIpc) is 3.54. The molecule has 0 radical (unpaired) electrons. The molecule has 0 fully saturated rings. The van der Waals surface area contributed by atoms with Crippen molar-refractivity contribution in [2.24, 2.45) is 12.2 Å². The van der Waals surface area contributed by atoms with Crippen molar-refractivity contribution in [3.05, 3.63) is 99.6 Å². The summed E-state index contributed by atoms with van der Waals surface area (Å²) in [6, 6.07) is 21.0. The van der Waals surface area contributed by atoms with Gasteiger partial charge in [-0.1, -0.05) is 47.6 Å². The topological polar surface area (TPSA) is 113 Å². The van der Waals surface area contributed by atoms with Crippen LogP contribution in [0.1, 0.15) is 28.4 Å². The number of aryl methyl sites for hydroxylation is 2. The van der Waals surface area contributed by atoms with Gasteiger partial charge in [0.15, 0.2) is 12.3 Å². The highest BCUT2D eigenvalue weighted by molar-refractivity contribution is 9.10. The summed E-state index contributed by atoms with van der Waals surface area (Å²) in [5.41, 5.74) is 4.28. The number of halogens is 1. The van der Waals surface area contributed by atoms with E-state index in [1.165, 1.54) is 10.2 Å². The normalized spacial score (nSPS) is 11.5. The van der Waals surface area contributed by atoms with Gasteiger partial charge >= 0.3 is 0 Å². The molecule has 0 atom stereocenters. The number of aromatic nitrogens is 6. The molecule has 5 rings (SSSR count). The maximum Gasteiger partial charge on any atom is 0.257 e. The molecule has 0 aliphatic heterocycles. The number of hydrogen-bond donors (Lipinski definition) is 0. The van der Waals surface area contributed by atoms with Gasteiger partial charge in [-0.3, -0.25) is 0 Å². The lowest BCUT2D eigenvalue weighted by Crippen LogP contribution is -2.12. The Labute approximate surface area is 221 Å². The van der Waals surface area contributed by atoms with Gasteiger partial charge in [0.1, 0.15) is 11.5 Å². The molecule has 0 saturated heterocycles. The van der Waals surface area contributed by atoms with Crippen molar-refractivity contribution in [2.75, 3.05) is 0 Å². The average molecular weight is 560 g/mol. The van der Waals surface area contributed by atoms with Crippen molar-refractivity contribution in [1.82, 2.24) is 30.4 Å². The lowest BCUT2D eigenvalue weighted by Gasteiger charge is -2.11. The van der Waals surface area contributed by atoms with Crippen LogP contribution in [-0.4, -0.2) is 36.1 Å². The molecule has 10 nitrogen and oxygen atoms in total. The van der Waals surface area contributed by atoms with Gasteiger partial charge in [0.05, 0.1) is 5.56 Å². The molecule has 2 aromatic heterocycles. The summed E-state index contributed by atoms with van der Waals surface area (Å²) < 4.78 is 14.2. The highest BCUT2D eigenvalue weighted by Crippen LogP contribution is 2.34. The Morgan fingerprint density at radius 1 is 1.00 bits per heavy atom. The molecule has 0 N–H and O–H groups in total. The van der Waals surface area contributed by atoms with Gasteiger partial charge in [-0.25, -0.2) is 4.68 Å². The number of ether oxygens (including phenoxy) is 1. The minimum Gasteiger partial charge on any atom is -0.457 e. The van der Waals surface area contributed by atoms with E-state index in [1.807, 2.05) is 67.6 Å². The van der Waals surface area contributed by atoms with Crippen molar-refractivity contribution in [3.63, 3.8) is 0 Å². The molecule has 0 saturated carbocycles. The zero-order valence-electron chi connectivity index (χ0n) is 20.3. The first-order valence-corrected chi connectivity index (χ1v) is 12.1. The number of tetrazole rings is 1. The third-order valence-corrected chi connectivity index (χ3v) is 6.30. The van der Waals surface area contributed by atoms with Gasteiger partial charge in [-0.15, -0.1) is 15.3 Å². The Hall–Kier alpha value is -4.38. The first-order valence-electron chi connectivity index (χ1n) is 11.3. The van der Waals surface area contributed by atoms with Crippen LogP contribution in [0.3, 0.4) is 0 Å². The van der Waals surface area contributed by atoms with E-state index in [4.69, 9.17) is 14.0 Å². The van der Waals surface area contributed by atoms with Crippen LogP contribution in [0.25, 0.3) is 11.5 Å². The predicted octanol–water partition coefficient (Wildman–Crippen LogP) is 5.40. The molecule has 0 aliphatic carbocycles. The van der Waals surface area contributed by atoms with Crippen LogP contribution in [0.5, 0.6) is 11.5 Å². The molecule has 0 bridgehead atoms. The minimum absolute atomic E-state index is 0.0277. The largest absolute Gasteiger partial charge is 0.457 e. The smallest absolute Gasteiger partial charge is 0.257 e. The summed E-state index contributed by atoms with van der Waals surface area (Å²) >= 11 is 3.58. The maximum atomic E-state index is 6.07. The summed E-state index contributed by atoms with van der Waals surface area (Å²) in [6.07, 6.45) is 0. The highest BCUT2D eigenvalue weighted by atomic mass is 79.9. The summed E-state index contributed by atoms with van der Waals surface area (Å²) in [5.74, 6) is 2.57. The van der Waals surface area contributed by atoms with E-state index < -0.39 is 0 Å². The van der Waals surface area contributed by atoms with E-state index in [0.717, 1.165) is 26.9 Å². The van der Waals surface area contributed by atoms with Gasteiger partial charge in [0, 0.05) is 17.1 Å². The number of nitrogens with zero attached hydrogens (tertiary/aromatic N) is 7. The Morgan fingerprint density at radius 2 is 1.84 bits per heavy atom. The fraction of sp³-hybridized carbons (Fsp3) is 0.154. The predicted molar refractivity (Wildman–Crippen MR) is 139 cm³/mol. The molecule has 0 amide bonds. The monoisotopic (exact) mass is 559 g/mol. The number of rotatable bonds is 8. The SMILES string of the molecule is Cc1cccc(Oc2ccc(-c3nnc(CO/N=C(/c4ccccc4)c4nnnn4C)o3)c(Br)c2)c1C. The van der Waals surface area contributed by atoms with Gasteiger partial charge in [0.25, 0.3) is 5.89 Å². The van der Waals surface area contributed by atoms with Crippen LogP contribution in [0.2, 0.25) is 0 Å². The van der Waals surface area contributed by atoms with Crippen molar-refractivity contribution in [3.8, 4) is 23.0 Å². The molecule has 2 heterocycles. The summed E-state index contributed by atoms with van der Waals surface area (Å²) in [6.45, 7) is 4.06. The van der Waals surface area contributed by atoms with Crippen LogP contribution in [-0.2, 0) is 18.5 Å². The highest BCUT2D eigenvalue weighted by Gasteiger charge is 2.17. The molecule has 3 aromatic carbocycles. The molecule has 11 heteroatoms. The van der Waals surface area contributed by atoms with Gasteiger partial charge < -0.3 is 14.0 Å². The van der Waals surface area contributed by atoms with Gasteiger partial charge in [0.2, 0.25) is 11.7 Å². The molecule has 0 unspecified atom stereocenters. The molecular weight excluding hydrogens is 538 g/mol. The van der Waals surface area contributed by atoms with Gasteiger partial charge in [-0.2, -0.15) is 0 Å². The third kappa shape index (κ3) is 5.41. The quantitative estimate of drug-likeness (QED) is 0.183. The Morgan fingerprint density at radius 3 is 2.59 bits per heavy atom. The van der Waals surface area contributed by atoms with Crippen LogP contribution >= 0.6 is 15.9 Å². The van der Waals surface area contributed by atoms with Gasteiger partial charge in [-0.05, 0) is 75.6 Å². The summed E-state index contributed by atoms with van der Waals surface area (Å²) in [5, 5.41) is 24.1. The van der Waals surface area contributed by atoms with E-state index in [-0.39, 0.29) is 12.5 Å². The summed E-state index contributed by atoms with van der Waals surface area (Å²) in [7, 11) is 1.73. The minimum atomic E-state index is -0.0277. The van der Waals surface area contributed by atoms with E-state index in [2.05, 4.69) is 59.8 Å². The number of oxime groups is 1. The zero-order valence-corrected chi connectivity index (χ0v) is 21.9. The second-order valence-corrected chi connectivity index (χ2v) is 9.00. The third-order valence-electron chi connectivity index (χ3n) is 5.64. The molecule has 0 aliphatic rings. The Kier molecular flexibility index (Phi) is 7.04. The van der Waals surface area contributed by atoms with Crippen molar-refractivity contribution in [1.29, 1.82) is 0 Å². The second kappa shape index (κ2) is 10.7. The van der Waals surface area contributed by atoms with Crippen LogP contribution in [0, 0.1) is 13.8 Å². The fourth-order valence-corrected chi connectivity index (χ4v) is 4.04. The molecule has 0 spiro atoms. The fourth-order valence-electron chi connectivity index (χ4n) is 3.52. The molecule has 5 aromatic rings. The van der Waals surface area contributed by atoms with E-state index in [1.54, 1.807) is 7.05 Å². The van der Waals surface area contributed by atoms with Crippen molar-refractivity contribution in [2.45, 2.75) is 20.5 Å². The molecular formula is C26H22BrN7O3. The van der Waals surface area contributed by atoms with Crippen molar-refractivity contribution < 1.29 is 14.0 Å². The zero-order chi connectivity index (χ0) is 25.8. The first kappa shape index (κ1) is 24.3. The van der Waals surface area contributed by atoms with E-state index >= 15 is 0 Å². The van der Waals surface area contributed by atoms with Crippen LogP contribution in [0.15, 0.2) is 80.8 Å². The Balaban J connectivity index is 1.30. The number of hydrogen-bond acceptors (Lipinski definition) is 9. The summed E-state index contributed by atoms with van der Waals surface area (Å²) in [4.78, 5) is 5.55. The maximum absolute atomic E-state index is 6.07. The second-order valence-electron chi connectivity index (χ2n) is 8.15. The van der Waals surface area contributed by atoms with E-state index in [0.29, 0.717) is 23.2 Å². The first-order chi connectivity index (χ1) is 18.0. The number of benzene rings is 3. The lowest BCUT2D eigenvalue weighted by atomic mass is 10.1.